The SMILES string of the molecule is CNc1nc(NC2(C)CCCC2)nc(N2CCCC2)n1. The number of aromatic nitrogens is 3. The fourth-order valence-electron chi connectivity index (χ4n) is 3.14. The van der Waals surface area contributed by atoms with Crippen LogP contribution in [0.1, 0.15) is 45.4 Å². The molecule has 1 saturated heterocycles. The van der Waals surface area contributed by atoms with Gasteiger partial charge in [-0.2, -0.15) is 15.0 Å². The van der Waals surface area contributed by atoms with Gasteiger partial charge >= 0.3 is 0 Å². The van der Waals surface area contributed by atoms with Crippen LogP contribution in [0.4, 0.5) is 17.8 Å². The number of anilines is 3. The average molecular weight is 276 g/mol. The highest BCUT2D eigenvalue weighted by atomic mass is 15.3. The standard InChI is InChI=1S/C14H24N6/c1-14(7-3-4-8-14)19-12-16-11(15-2)17-13(18-12)20-9-5-6-10-20/h3-10H2,1-2H3,(H2,15,16,17,18,19). The molecular formula is C14H24N6. The molecule has 1 aromatic rings. The van der Waals surface area contributed by atoms with Crippen molar-refractivity contribution in [3.8, 4) is 0 Å². The van der Waals surface area contributed by atoms with E-state index in [1.807, 2.05) is 7.05 Å². The van der Waals surface area contributed by atoms with Crippen molar-refractivity contribution in [2.45, 2.75) is 51.0 Å². The molecule has 2 N–H and O–H groups in total. The number of hydrogen-bond donors (Lipinski definition) is 2. The Morgan fingerprint density at radius 2 is 1.60 bits per heavy atom. The summed E-state index contributed by atoms with van der Waals surface area (Å²) in [5.74, 6) is 2.15. The van der Waals surface area contributed by atoms with Gasteiger partial charge in [-0.1, -0.05) is 12.8 Å². The Morgan fingerprint density at radius 1 is 0.950 bits per heavy atom. The summed E-state index contributed by atoms with van der Waals surface area (Å²) in [6.45, 7) is 4.35. The molecule has 1 saturated carbocycles. The summed E-state index contributed by atoms with van der Waals surface area (Å²) >= 11 is 0. The minimum absolute atomic E-state index is 0.134. The van der Waals surface area contributed by atoms with E-state index in [0.717, 1.165) is 19.0 Å². The number of rotatable bonds is 4. The highest BCUT2D eigenvalue weighted by molar-refractivity contribution is 5.45. The molecule has 1 aliphatic heterocycles. The lowest BCUT2D eigenvalue weighted by molar-refractivity contribution is 0.528. The lowest BCUT2D eigenvalue weighted by Gasteiger charge is -2.26. The summed E-state index contributed by atoms with van der Waals surface area (Å²) in [4.78, 5) is 15.8. The zero-order valence-corrected chi connectivity index (χ0v) is 12.4. The van der Waals surface area contributed by atoms with E-state index in [4.69, 9.17) is 0 Å². The molecular weight excluding hydrogens is 252 g/mol. The van der Waals surface area contributed by atoms with Crippen LogP contribution in [-0.4, -0.2) is 40.6 Å². The zero-order chi connectivity index (χ0) is 14.0. The fourth-order valence-corrected chi connectivity index (χ4v) is 3.14. The van der Waals surface area contributed by atoms with Gasteiger partial charge in [0, 0.05) is 25.7 Å². The molecule has 2 fully saturated rings. The largest absolute Gasteiger partial charge is 0.357 e. The van der Waals surface area contributed by atoms with Gasteiger partial charge in [0.2, 0.25) is 17.8 Å². The van der Waals surface area contributed by atoms with Crippen LogP contribution in [0.15, 0.2) is 0 Å². The predicted octanol–water partition coefficient (Wildman–Crippen LogP) is 2.26. The van der Waals surface area contributed by atoms with E-state index < -0.39 is 0 Å². The number of nitrogens with zero attached hydrogens (tertiary/aromatic N) is 4. The first-order valence-corrected chi connectivity index (χ1v) is 7.65. The van der Waals surface area contributed by atoms with E-state index in [0.29, 0.717) is 11.9 Å². The van der Waals surface area contributed by atoms with E-state index in [1.165, 1.54) is 38.5 Å². The second-order valence-electron chi connectivity index (χ2n) is 6.12. The van der Waals surface area contributed by atoms with Crippen molar-refractivity contribution in [1.82, 2.24) is 15.0 Å². The molecule has 0 bridgehead atoms. The summed E-state index contributed by atoms with van der Waals surface area (Å²) in [5.41, 5.74) is 0.134. The van der Waals surface area contributed by atoms with Gasteiger partial charge in [0.1, 0.15) is 0 Å². The zero-order valence-electron chi connectivity index (χ0n) is 12.4. The Labute approximate surface area is 120 Å². The fraction of sp³-hybridized carbons (Fsp3) is 0.786. The number of hydrogen-bond acceptors (Lipinski definition) is 6. The molecule has 0 aromatic carbocycles. The molecule has 0 amide bonds. The highest BCUT2D eigenvalue weighted by Gasteiger charge is 2.29. The minimum atomic E-state index is 0.134. The van der Waals surface area contributed by atoms with Crippen LogP contribution in [-0.2, 0) is 0 Å². The van der Waals surface area contributed by atoms with Gasteiger partial charge < -0.3 is 15.5 Å². The first-order chi connectivity index (χ1) is 9.68. The summed E-state index contributed by atoms with van der Waals surface area (Å²) in [5, 5.41) is 6.57. The van der Waals surface area contributed by atoms with Gasteiger partial charge in [0.05, 0.1) is 0 Å². The van der Waals surface area contributed by atoms with Gasteiger partial charge in [-0.05, 0) is 32.6 Å². The Kier molecular flexibility index (Phi) is 3.63. The molecule has 1 aliphatic carbocycles. The molecule has 0 unspecified atom stereocenters. The summed E-state index contributed by atoms with van der Waals surface area (Å²) in [7, 11) is 1.85. The average Bonchev–Trinajstić information content (AvgIpc) is 3.09. The molecule has 2 aliphatic rings. The molecule has 0 radical (unpaired) electrons. The van der Waals surface area contributed by atoms with E-state index in [9.17, 15) is 0 Å². The van der Waals surface area contributed by atoms with Crippen molar-refractivity contribution < 1.29 is 0 Å². The van der Waals surface area contributed by atoms with Crippen LogP contribution in [0.5, 0.6) is 0 Å². The second-order valence-corrected chi connectivity index (χ2v) is 6.12. The van der Waals surface area contributed by atoms with E-state index in [2.05, 4.69) is 37.4 Å². The quantitative estimate of drug-likeness (QED) is 0.879. The van der Waals surface area contributed by atoms with Gasteiger partial charge in [0.25, 0.3) is 0 Å². The Morgan fingerprint density at radius 3 is 2.25 bits per heavy atom. The molecule has 3 rings (SSSR count). The number of nitrogens with one attached hydrogen (secondary N) is 2. The van der Waals surface area contributed by atoms with Gasteiger partial charge in [0.15, 0.2) is 0 Å². The van der Waals surface area contributed by atoms with Crippen molar-refractivity contribution in [1.29, 1.82) is 0 Å². The normalized spacial score (nSPS) is 21.2. The first kappa shape index (κ1) is 13.4. The van der Waals surface area contributed by atoms with Crippen LogP contribution >= 0.6 is 0 Å². The molecule has 0 atom stereocenters. The second kappa shape index (κ2) is 5.42. The summed E-state index contributed by atoms with van der Waals surface area (Å²) in [6.07, 6.45) is 7.39. The maximum atomic E-state index is 4.62. The Hall–Kier alpha value is -1.59. The minimum Gasteiger partial charge on any atom is -0.357 e. The van der Waals surface area contributed by atoms with Crippen molar-refractivity contribution in [3.63, 3.8) is 0 Å². The maximum Gasteiger partial charge on any atom is 0.231 e. The Bertz CT molecular complexity index is 463. The van der Waals surface area contributed by atoms with E-state index in [-0.39, 0.29) is 5.54 Å². The summed E-state index contributed by atoms with van der Waals surface area (Å²) < 4.78 is 0. The molecule has 1 aromatic heterocycles. The van der Waals surface area contributed by atoms with Crippen LogP contribution in [0.2, 0.25) is 0 Å². The van der Waals surface area contributed by atoms with Crippen molar-refractivity contribution in [3.05, 3.63) is 0 Å². The van der Waals surface area contributed by atoms with Crippen LogP contribution < -0.4 is 15.5 Å². The van der Waals surface area contributed by atoms with Gasteiger partial charge in [-0.3, -0.25) is 0 Å². The topological polar surface area (TPSA) is 66.0 Å². The summed E-state index contributed by atoms with van der Waals surface area (Å²) in [6, 6.07) is 0. The maximum absolute atomic E-state index is 4.62. The lowest BCUT2D eigenvalue weighted by atomic mass is 10.0. The smallest absolute Gasteiger partial charge is 0.231 e. The molecule has 20 heavy (non-hydrogen) atoms. The molecule has 6 heteroatoms. The van der Waals surface area contributed by atoms with E-state index in [1.54, 1.807) is 0 Å². The monoisotopic (exact) mass is 276 g/mol. The lowest BCUT2D eigenvalue weighted by Crippen LogP contribution is -2.32. The van der Waals surface area contributed by atoms with Gasteiger partial charge in [-0.15, -0.1) is 0 Å². The van der Waals surface area contributed by atoms with Crippen LogP contribution in [0.3, 0.4) is 0 Å². The molecule has 110 valence electrons. The predicted molar refractivity (Wildman–Crippen MR) is 81.3 cm³/mol. The first-order valence-electron chi connectivity index (χ1n) is 7.65. The molecule has 2 heterocycles. The van der Waals surface area contributed by atoms with E-state index >= 15 is 0 Å². The van der Waals surface area contributed by atoms with Crippen LogP contribution in [0, 0.1) is 0 Å². The van der Waals surface area contributed by atoms with Crippen molar-refractivity contribution in [2.24, 2.45) is 0 Å². The van der Waals surface area contributed by atoms with Crippen LogP contribution in [0.25, 0.3) is 0 Å². The third-order valence-electron chi connectivity index (χ3n) is 4.36. The molecule has 6 nitrogen and oxygen atoms in total. The van der Waals surface area contributed by atoms with Crippen molar-refractivity contribution >= 4 is 17.8 Å². The van der Waals surface area contributed by atoms with Crippen molar-refractivity contribution in [2.75, 3.05) is 35.7 Å². The highest BCUT2D eigenvalue weighted by Crippen LogP contribution is 2.32. The van der Waals surface area contributed by atoms with Gasteiger partial charge in [-0.25, -0.2) is 0 Å². The third-order valence-corrected chi connectivity index (χ3v) is 4.36. The Balaban J connectivity index is 1.83. The molecule has 0 spiro atoms. The third kappa shape index (κ3) is 2.78.